The number of aromatic nitrogens is 3. The number of benzene rings is 1. The van der Waals surface area contributed by atoms with Crippen LogP contribution < -0.4 is 0 Å². The quantitative estimate of drug-likeness (QED) is 0.814. The van der Waals surface area contributed by atoms with Crippen molar-refractivity contribution >= 4 is 18.0 Å². The number of aldehydes is 1. The summed E-state index contributed by atoms with van der Waals surface area (Å²) < 4.78 is 40.3. The number of rotatable bonds is 3. The summed E-state index contributed by atoms with van der Waals surface area (Å²) in [4.78, 5) is 10.5. The van der Waals surface area contributed by atoms with Gasteiger partial charge in [0.15, 0.2) is 5.16 Å². The molecule has 19 heavy (non-hydrogen) atoms. The fourth-order valence-corrected chi connectivity index (χ4v) is 2.29. The van der Waals surface area contributed by atoms with E-state index in [4.69, 9.17) is 0 Å². The Morgan fingerprint density at radius 1 is 1.37 bits per heavy atom. The lowest BCUT2D eigenvalue weighted by Gasteiger charge is -2.12. The highest BCUT2D eigenvalue weighted by molar-refractivity contribution is 7.99. The molecule has 1 heterocycles. The molecule has 8 heteroatoms. The van der Waals surface area contributed by atoms with E-state index < -0.39 is 11.7 Å². The summed E-state index contributed by atoms with van der Waals surface area (Å²) in [6, 6.07) is 3.42. The van der Waals surface area contributed by atoms with Gasteiger partial charge in [0.05, 0.1) is 5.56 Å². The molecule has 0 bridgehead atoms. The van der Waals surface area contributed by atoms with Crippen molar-refractivity contribution in [2.24, 2.45) is 7.05 Å². The van der Waals surface area contributed by atoms with Gasteiger partial charge in [-0.05, 0) is 23.9 Å². The summed E-state index contributed by atoms with van der Waals surface area (Å²) >= 11 is 0.847. The second-order valence-corrected chi connectivity index (χ2v) is 4.71. The number of alkyl halides is 3. The Hall–Kier alpha value is -1.83. The molecule has 1 aromatic heterocycles. The largest absolute Gasteiger partial charge is 0.417 e. The van der Waals surface area contributed by atoms with E-state index in [9.17, 15) is 18.0 Å². The van der Waals surface area contributed by atoms with Crippen molar-refractivity contribution in [3.05, 3.63) is 35.7 Å². The third kappa shape index (κ3) is 2.95. The highest BCUT2D eigenvalue weighted by atomic mass is 32.2. The molecule has 0 radical (unpaired) electrons. The first-order valence-corrected chi connectivity index (χ1v) is 5.91. The van der Waals surface area contributed by atoms with Crippen LogP contribution >= 0.6 is 11.8 Å². The van der Waals surface area contributed by atoms with E-state index in [2.05, 4.69) is 10.2 Å². The van der Waals surface area contributed by atoms with Crippen LogP contribution in [0, 0.1) is 0 Å². The van der Waals surface area contributed by atoms with Crippen molar-refractivity contribution in [3.8, 4) is 0 Å². The van der Waals surface area contributed by atoms with Crippen LogP contribution in [0.25, 0.3) is 0 Å². The van der Waals surface area contributed by atoms with Crippen molar-refractivity contribution in [2.45, 2.75) is 16.2 Å². The van der Waals surface area contributed by atoms with Crippen molar-refractivity contribution < 1.29 is 18.0 Å². The van der Waals surface area contributed by atoms with E-state index >= 15 is 0 Å². The molecule has 0 unspecified atom stereocenters. The topological polar surface area (TPSA) is 47.8 Å². The molecule has 0 amide bonds. The van der Waals surface area contributed by atoms with Gasteiger partial charge in [-0.2, -0.15) is 13.2 Å². The molecule has 0 saturated heterocycles. The lowest BCUT2D eigenvalue weighted by Crippen LogP contribution is -2.08. The van der Waals surface area contributed by atoms with Crippen LogP contribution in [0.5, 0.6) is 0 Å². The normalized spacial score (nSPS) is 11.6. The maximum absolute atomic E-state index is 12.9. The molecular formula is C11H8F3N3OS. The van der Waals surface area contributed by atoms with E-state index in [0.29, 0.717) is 11.4 Å². The van der Waals surface area contributed by atoms with Gasteiger partial charge in [-0.15, -0.1) is 10.2 Å². The molecule has 0 aliphatic carbocycles. The minimum atomic E-state index is -4.53. The summed E-state index contributed by atoms with van der Waals surface area (Å²) in [5, 5.41) is 7.65. The Morgan fingerprint density at radius 2 is 2.11 bits per heavy atom. The predicted molar refractivity (Wildman–Crippen MR) is 62.0 cm³/mol. The molecule has 100 valence electrons. The number of nitrogens with zero attached hydrogens (tertiary/aromatic N) is 3. The van der Waals surface area contributed by atoms with E-state index in [-0.39, 0.29) is 10.5 Å². The monoisotopic (exact) mass is 287 g/mol. The second kappa shape index (κ2) is 5.04. The molecule has 0 N–H and O–H groups in total. The Balaban J connectivity index is 2.45. The first kappa shape index (κ1) is 13.6. The summed E-state index contributed by atoms with van der Waals surface area (Å²) in [6.45, 7) is 0. The molecule has 0 atom stereocenters. The lowest BCUT2D eigenvalue weighted by atomic mass is 10.1. The van der Waals surface area contributed by atoms with Crippen LogP contribution in [-0.2, 0) is 13.2 Å². The van der Waals surface area contributed by atoms with Gasteiger partial charge in [0.1, 0.15) is 12.6 Å². The van der Waals surface area contributed by atoms with Crippen molar-refractivity contribution in [3.63, 3.8) is 0 Å². The third-order valence-corrected chi connectivity index (χ3v) is 3.44. The maximum Gasteiger partial charge on any atom is 0.417 e. The fourth-order valence-electron chi connectivity index (χ4n) is 1.39. The first-order chi connectivity index (χ1) is 8.91. The third-order valence-electron chi connectivity index (χ3n) is 2.32. The van der Waals surface area contributed by atoms with Crippen LogP contribution in [-0.4, -0.2) is 21.1 Å². The Kier molecular flexibility index (Phi) is 3.61. The highest BCUT2D eigenvalue weighted by Crippen LogP contribution is 2.39. The smallest absolute Gasteiger partial charge is 0.311 e. The van der Waals surface area contributed by atoms with Gasteiger partial charge in [0.25, 0.3) is 0 Å². The molecule has 2 aromatic rings. The number of hydrogen-bond acceptors (Lipinski definition) is 4. The summed E-state index contributed by atoms with van der Waals surface area (Å²) in [6.07, 6.45) is -2.75. The van der Waals surface area contributed by atoms with Gasteiger partial charge < -0.3 is 4.57 Å². The van der Waals surface area contributed by atoms with Gasteiger partial charge in [-0.1, -0.05) is 6.07 Å². The molecule has 0 fully saturated rings. The molecular weight excluding hydrogens is 279 g/mol. The highest BCUT2D eigenvalue weighted by Gasteiger charge is 2.34. The number of hydrogen-bond donors (Lipinski definition) is 0. The van der Waals surface area contributed by atoms with Gasteiger partial charge in [0.2, 0.25) is 0 Å². The van der Waals surface area contributed by atoms with Gasteiger partial charge >= 0.3 is 6.18 Å². The average molecular weight is 287 g/mol. The zero-order chi connectivity index (χ0) is 14.0. The average Bonchev–Trinajstić information content (AvgIpc) is 2.74. The van der Waals surface area contributed by atoms with Crippen molar-refractivity contribution in [1.29, 1.82) is 0 Å². The molecule has 4 nitrogen and oxygen atoms in total. The molecule has 0 aliphatic rings. The summed E-state index contributed by atoms with van der Waals surface area (Å²) in [5.41, 5.74) is -0.875. The van der Waals surface area contributed by atoms with E-state index in [1.807, 2.05) is 0 Å². The SMILES string of the molecule is Cn1cnnc1Sc1ccc(C=O)cc1C(F)(F)F. The van der Waals surface area contributed by atoms with E-state index in [0.717, 1.165) is 17.8 Å². The van der Waals surface area contributed by atoms with Gasteiger partial charge in [-0.3, -0.25) is 4.79 Å². The number of carbonyl (C=O) groups excluding carboxylic acids is 1. The number of aryl methyl sites for hydroxylation is 1. The molecule has 1 aromatic carbocycles. The summed E-state index contributed by atoms with van der Waals surface area (Å²) in [7, 11) is 1.63. The molecule has 0 spiro atoms. The number of halogens is 3. The zero-order valence-corrected chi connectivity index (χ0v) is 10.5. The minimum Gasteiger partial charge on any atom is -0.311 e. The van der Waals surface area contributed by atoms with Crippen LogP contribution in [0.1, 0.15) is 15.9 Å². The van der Waals surface area contributed by atoms with Gasteiger partial charge in [0, 0.05) is 17.5 Å². The second-order valence-electron chi connectivity index (χ2n) is 3.70. The van der Waals surface area contributed by atoms with E-state index in [1.54, 1.807) is 7.05 Å². The van der Waals surface area contributed by atoms with Gasteiger partial charge in [-0.25, -0.2) is 0 Å². The predicted octanol–water partition coefficient (Wildman–Crippen LogP) is 2.80. The Labute approximate surface area is 110 Å². The first-order valence-electron chi connectivity index (χ1n) is 5.10. The zero-order valence-electron chi connectivity index (χ0n) is 9.68. The lowest BCUT2D eigenvalue weighted by molar-refractivity contribution is -0.139. The van der Waals surface area contributed by atoms with Crippen molar-refractivity contribution in [1.82, 2.24) is 14.8 Å². The standard InChI is InChI=1S/C11H8F3N3OS/c1-17-6-15-16-10(17)19-9-3-2-7(5-18)4-8(9)11(12,13)14/h2-6H,1H3. The van der Waals surface area contributed by atoms with Crippen LogP contribution in [0.15, 0.2) is 34.6 Å². The number of carbonyl (C=O) groups is 1. The van der Waals surface area contributed by atoms with E-state index in [1.165, 1.54) is 23.0 Å². The van der Waals surface area contributed by atoms with Crippen LogP contribution in [0.3, 0.4) is 0 Å². The van der Waals surface area contributed by atoms with Crippen LogP contribution in [0.4, 0.5) is 13.2 Å². The van der Waals surface area contributed by atoms with Crippen molar-refractivity contribution in [2.75, 3.05) is 0 Å². The Bertz CT molecular complexity index is 609. The maximum atomic E-state index is 12.9. The van der Waals surface area contributed by atoms with Crippen LogP contribution in [0.2, 0.25) is 0 Å². The fraction of sp³-hybridized carbons (Fsp3) is 0.182. The molecule has 0 saturated carbocycles. The molecule has 0 aliphatic heterocycles. The summed E-state index contributed by atoms with van der Waals surface area (Å²) in [5.74, 6) is 0. The molecule has 2 rings (SSSR count). The minimum absolute atomic E-state index is 0.0189. The Morgan fingerprint density at radius 3 is 2.63 bits per heavy atom.